The number of likely N-dealkylation sites (tertiary alicyclic amines) is 1. The van der Waals surface area contributed by atoms with E-state index in [1.54, 1.807) is 0 Å². The van der Waals surface area contributed by atoms with Crippen molar-refractivity contribution < 1.29 is 14.3 Å². The van der Waals surface area contributed by atoms with E-state index in [1.165, 1.54) is 11.1 Å². The van der Waals surface area contributed by atoms with Crippen LogP contribution in [0.4, 0.5) is 0 Å². The number of ether oxygens (including phenoxy) is 2. The number of hydrogen-bond acceptors (Lipinski definition) is 4. The van der Waals surface area contributed by atoms with Gasteiger partial charge in [-0.1, -0.05) is 42.0 Å². The minimum Gasteiger partial charge on any atom is -0.486 e. The largest absolute Gasteiger partial charge is 0.486 e. The van der Waals surface area contributed by atoms with Gasteiger partial charge in [-0.15, -0.1) is 0 Å². The summed E-state index contributed by atoms with van der Waals surface area (Å²) in [4.78, 5) is 15.0. The highest BCUT2D eigenvalue weighted by atomic mass is 16.6. The molecule has 0 aromatic heterocycles. The topological polar surface area (TPSA) is 50.8 Å². The number of amides is 1. The number of nitrogens with zero attached hydrogens (tertiary/aromatic N) is 1. The number of nitrogens with one attached hydrogen (secondary N) is 1. The Kier molecular flexibility index (Phi) is 5.81. The number of carbonyl (C=O) groups is 1. The second kappa shape index (κ2) is 8.65. The van der Waals surface area contributed by atoms with Crippen molar-refractivity contribution in [2.45, 2.75) is 32.4 Å². The Morgan fingerprint density at radius 2 is 1.89 bits per heavy atom. The van der Waals surface area contributed by atoms with Gasteiger partial charge in [0.05, 0.1) is 6.54 Å². The molecular weight excluding hydrogens is 352 g/mol. The van der Waals surface area contributed by atoms with E-state index < -0.39 is 0 Å². The summed E-state index contributed by atoms with van der Waals surface area (Å²) < 4.78 is 11.6. The first-order valence-corrected chi connectivity index (χ1v) is 10.1. The van der Waals surface area contributed by atoms with Crippen molar-refractivity contribution in [3.63, 3.8) is 0 Å². The van der Waals surface area contributed by atoms with Crippen LogP contribution in [0.5, 0.6) is 11.5 Å². The summed E-state index contributed by atoms with van der Waals surface area (Å²) in [5, 5.41) is 3.06. The van der Waals surface area contributed by atoms with Crippen LogP contribution < -0.4 is 14.8 Å². The number of para-hydroxylation sites is 2. The normalized spacial score (nSPS) is 20.0. The summed E-state index contributed by atoms with van der Waals surface area (Å²) in [5.74, 6) is 1.74. The zero-order valence-corrected chi connectivity index (χ0v) is 16.4. The van der Waals surface area contributed by atoms with Crippen LogP contribution >= 0.6 is 0 Å². The van der Waals surface area contributed by atoms with Gasteiger partial charge in [0.1, 0.15) is 12.7 Å². The van der Waals surface area contributed by atoms with Crippen molar-refractivity contribution >= 4 is 5.91 Å². The summed E-state index contributed by atoms with van der Waals surface area (Å²) in [5.41, 5.74) is 2.64. The average Bonchev–Trinajstić information content (AvgIpc) is 2.72. The molecule has 0 saturated carbocycles. The first kappa shape index (κ1) is 18.8. The molecule has 5 nitrogen and oxygen atoms in total. The van der Waals surface area contributed by atoms with Gasteiger partial charge in [0.15, 0.2) is 11.5 Å². The molecule has 148 valence electrons. The van der Waals surface area contributed by atoms with Crippen LogP contribution in [-0.2, 0) is 11.3 Å². The lowest BCUT2D eigenvalue weighted by Gasteiger charge is -2.32. The highest BCUT2D eigenvalue weighted by Crippen LogP contribution is 2.30. The molecule has 0 unspecified atom stereocenters. The van der Waals surface area contributed by atoms with Crippen LogP contribution in [0.15, 0.2) is 48.5 Å². The molecule has 2 heterocycles. The molecule has 28 heavy (non-hydrogen) atoms. The van der Waals surface area contributed by atoms with Crippen molar-refractivity contribution in [3.8, 4) is 11.5 Å². The smallest absolute Gasteiger partial charge is 0.223 e. The fourth-order valence-corrected chi connectivity index (χ4v) is 3.94. The van der Waals surface area contributed by atoms with Crippen LogP contribution in [0.1, 0.15) is 24.0 Å². The summed E-state index contributed by atoms with van der Waals surface area (Å²) in [6.07, 6.45) is 1.67. The van der Waals surface area contributed by atoms with Crippen LogP contribution in [0.2, 0.25) is 0 Å². The SMILES string of the molecule is Cc1cccc(CN2CCC(C(=O)NC[C@@H]3COc4ccccc4O3)CC2)c1. The van der Waals surface area contributed by atoms with Crippen molar-refractivity contribution in [2.75, 3.05) is 26.2 Å². The van der Waals surface area contributed by atoms with Crippen LogP contribution in [0.3, 0.4) is 0 Å². The summed E-state index contributed by atoms with van der Waals surface area (Å²) in [7, 11) is 0. The molecule has 1 fully saturated rings. The van der Waals surface area contributed by atoms with Crippen LogP contribution in [0, 0.1) is 12.8 Å². The van der Waals surface area contributed by atoms with Gasteiger partial charge in [-0.2, -0.15) is 0 Å². The molecule has 2 aromatic rings. The Bertz CT molecular complexity index is 815. The number of fused-ring (bicyclic) bond motifs is 1. The molecule has 2 aliphatic rings. The maximum absolute atomic E-state index is 12.6. The molecule has 0 aliphatic carbocycles. The molecule has 0 bridgehead atoms. The molecule has 0 spiro atoms. The minimum atomic E-state index is -0.139. The van der Waals surface area contributed by atoms with Crippen molar-refractivity contribution in [1.29, 1.82) is 0 Å². The zero-order valence-electron chi connectivity index (χ0n) is 16.4. The van der Waals surface area contributed by atoms with E-state index >= 15 is 0 Å². The van der Waals surface area contributed by atoms with E-state index in [0.29, 0.717) is 13.2 Å². The van der Waals surface area contributed by atoms with Crippen molar-refractivity contribution in [3.05, 3.63) is 59.7 Å². The highest BCUT2D eigenvalue weighted by molar-refractivity contribution is 5.78. The third-order valence-corrected chi connectivity index (χ3v) is 5.52. The quantitative estimate of drug-likeness (QED) is 0.866. The van der Waals surface area contributed by atoms with E-state index in [4.69, 9.17) is 9.47 Å². The van der Waals surface area contributed by atoms with Gasteiger partial charge < -0.3 is 14.8 Å². The Labute approximate surface area is 166 Å². The lowest BCUT2D eigenvalue weighted by atomic mass is 9.95. The molecule has 1 atom stereocenters. The third-order valence-electron chi connectivity index (χ3n) is 5.52. The first-order chi connectivity index (χ1) is 13.7. The maximum atomic E-state index is 12.6. The van der Waals surface area contributed by atoms with Gasteiger partial charge in [0.25, 0.3) is 0 Å². The Balaban J connectivity index is 1.20. The molecule has 1 N–H and O–H groups in total. The molecule has 5 heteroatoms. The Morgan fingerprint density at radius 3 is 2.68 bits per heavy atom. The lowest BCUT2D eigenvalue weighted by molar-refractivity contribution is -0.127. The molecule has 2 aliphatic heterocycles. The van der Waals surface area contributed by atoms with Crippen LogP contribution in [0.25, 0.3) is 0 Å². The van der Waals surface area contributed by atoms with Gasteiger partial charge in [0.2, 0.25) is 5.91 Å². The summed E-state index contributed by atoms with van der Waals surface area (Å²) in [6.45, 7) is 5.95. The monoisotopic (exact) mass is 380 g/mol. The summed E-state index contributed by atoms with van der Waals surface area (Å²) >= 11 is 0. The van der Waals surface area contributed by atoms with Crippen molar-refractivity contribution in [1.82, 2.24) is 10.2 Å². The Hall–Kier alpha value is -2.53. The van der Waals surface area contributed by atoms with Gasteiger partial charge >= 0.3 is 0 Å². The third kappa shape index (κ3) is 4.65. The molecular formula is C23H28N2O3. The average molecular weight is 380 g/mol. The van der Waals surface area contributed by atoms with Crippen molar-refractivity contribution in [2.24, 2.45) is 5.92 Å². The fourth-order valence-electron chi connectivity index (χ4n) is 3.94. The molecule has 0 radical (unpaired) electrons. The number of hydrogen-bond donors (Lipinski definition) is 1. The minimum absolute atomic E-state index is 0.0885. The predicted octanol–water partition coefficient (Wildman–Crippen LogP) is 3.16. The molecule has 2 aromatic carbocycles. The maximum Gasteiger partial charge on any atom is 0.223 e. The molecule has 4 rings (SSSR count). The second-order valence-corrected chi connectivity index (χ2v) is 7.78. The first-order valence-electron chi connectivity index (χ1n) is 10.1. The van der Waals surface area contributed by atoms with E-state index in [2.05, 4.69) is 41.4 Å². The number of benzene rings is 2. The number of piperidine rings is 1. The standard InChI is InChI=1S/C23H28N2O3/c1-17-5-4-6-18(13-17)15-25-11-9-19(10-12-25)23(26)24-14-20-16-27-21-7-2-3-8-22(21)28-20/h2-8,13,19-20H,9-12,14-16H2,1H3,(H,24,26)/t20-/m1/s1. The molecule has 1 saturated heterocycles. The van der Waals surface area contributed by atoms with Crippen LogP contribution in [-0.4, -0.2) is 43.2 Å². The molecule has 1 amide bonds. The number of carbonyl (C=O) groups excluding carboxylic acids is 1. The summed E-state index contributed by atoms with van der Waals surface area (Å²) in [6, 6.07) is 16.3. The fraction of sp³-hybridized carbons (Fsp3) is 0.435. The van der Waals surface area contributed by atoms with E-state index in [9.17, 15) is 4.79 Å². The van der Waals surface area contributed by atoms with E-state index in [-0.39, 0.29) is 17.9 Å². The van der Waals surface area contributed by atoms with Gasteiger partial charge in [-0.05, 0) is 50.6 Å². The zero-order chi connectivity index (χ0) is 19.3. The number of aryl methyl sites for hydroxylation is 1. The van der Waals surface area contributed by atoms with Gasteiger partial charge in [-0.3, -0.25) is 9.69 Å². The van der Waals surface area contributed by atoms with Gasteiger partial charge in [0, 0.05) is 12.5 Å². The van der Waals surface area contributed by atoms with Gasteiger partial charge in [-0.25, -0.2) is 0 Å². The number of rotatable bonds is 5. The Morgan fingerprint density at radius 1 is 1.11 bits per heavy atom. The van der Waals surface area contributed by atoms with E-state index in [0.717, 1.165) is 44.0 Å². The highest BCUT2D eigenvalue weighted by Gasteiger charge is 2.27. The lowest BCUT2D eigenvalue weighted by Crippen LogP contribution is -2.45. The predicted molar refractivity (Wildman–Crippen MR) is 109 cm³/mol. The van der Waals surface area contributed by atoms with E-state index in [1.807, 2.05) is 24.3 Å². The second-order valence-electron chi connectivity index (χ2n) is 7.78.